The van der Waals surface area contributed by atoms with Gasteiger partial charge in [0.25, 0.3) is 11.8 Å². The van der Waals surface area contributed by atoms with Crippen molar-refractivity contribution in [2.45, 2.75) is 0 Å². The molecule has 1 saturated heterocycles. The van der Waals surface area contributed by atoms with Crippen molar-refractivity contribution in [2.24, 2.45) is 5.92 Å². The fraction of sp³-hybridized carbons (Fsp3) is 0.231. The van der Waals surface area contributed by atoms with Gasteiger partial charge in [0.05, 0.1) is 5.02 Å². The summed E-state index contributed by atoms with van der Waals surface area (Å²) >= 11 is 11.7. The molecule has 0 unspecified atom stereocenters. The van der Waals surface area contributed by atoms with E-state index in [4.69, 9.17) is 23.2 Å². The van der Waals surface area contributed by atoms with E-state index in [9.17, 15) is 19.2 Å². The molecule has 0 atom stereocenters. The number of hydrogen-bond donors (Lipinski definition) is 0. The third-order valence-electron chi connectivity index (χ3n) is 3.19. The Morgan fingerprint density at radius 2 is 1.57 bits per heavy atom. The monoisotopic (exact) mass is 328 g/mol. The summed E-state index contributed by atoms with van der Waals surface area (Å²) in [5.41, 5.74) is 0.00363. The summed E-state index contributed by atoms with van der Waals surface area (Å²) in [5.74, 6) is -4.13. The van der Waals surface area contributed by atoms with Gasteiger partial charge in [-0.2, -0.15) is 0 Å². The minimum absolute atomic E-state index is 0.00363. The maximum Gasteiger partial charge on any atom is 0.332 e. The lowest BCUT2D eigenvalue weighted by Crippen LogP contribution is -2.58. The zero-order chi connectivity index (χ0) is 15.9. The molecular formula is C13H10Cl2N2O4. The summed E-state index contributed by atoms with van der Waals surface area (Å²) in [7, 11) is 2.41. The average Bonchev–Trinajstić information content (AvgIpc) is 2.43. The Morgan fingerprint density at radius 3 is 2.05 bits per heavy atom. The molecule has 1 fully saturated rings. The first-order chi connectivity index (χ1) is 9.75. The second kappa shape index (κ2) is 5.46. The lowest BCUT2D eigenvalue weighted by molar-refractivity contribution is -0.145. The molecule has 6 nitrogen and oxygen atoms in total. The number of ketones is 1. The number of imide groups is 2. The third-order valence-corrected chi connectivity index (χ3v) is 3.74. The standard InChI is InChI=1S/C13H10Cl2N2O4/c1-16-11(19)9(12(20)17(2)13(16)21)10(18)7-4-3-6(14)5-8(7)15/h3-5,9H,1-2H3. The first-order valence-electron chi connectivity index (χ1n) is 5.84. The van der Waals surface area contributed by atoms with Crippen LogP contribution in [0.4, 0.5) is 4.79 Å². The van der Waals surface area contributed by atoms with Crippen LogP contribution in [0.15, 0.2) is 18.2 Å². The molecule has 1 aliphatic rings. The number of urea groups is 1. The van der Waals surface area contributed by atoms with Crippen molar-refractivity contribution in [1.29, 1.82) is 0 Å². The highest BCUT2D eigenvalue weighted by Gasteiger charge is 2.47. The van der Waals surface area contributed by atoms with E-state index in [1.54, 1.807) is 0 Å². The number of nitrogens with zero attached hydrogens (tertiary/aromatic N) is 2. The number of benzene rings is 1. The van der Waals surface area contributed by atoms with Gasteiger partial charge in [-0.05, 0) is 18.2 Å². The van der Waals surface area contributed by atoms with E-state index in [-0.39, 0.29) is 10.6 Å². The number of Topliss-reactive ketones (excluding diaryl/α,β-unsaturated/α-hetero) is 1. The van der Waals surface area contributed by atoms with Crippen LogP contribution in [0.5, 0.6) is 0 Å². The Bertz CT molecular complexity index is 650. The quantitative estimate of drug-likeness (QED) is 0.613. The highest BCUT2D eigenvalue weighted by molar-refractivity contribution is 6.39. The van der Waals surface area contributed by atoms with E-state index < -0.39 is 29.5 Å². The molecule has 0 aromatic heterocycles. The van der Waals surface area contributed by atoms with Gasteiger partial charge in [-0.1, -0.05) is 23.2 Å². The highest BCUT2D eigenvalue weighted by Crippen LogP contribution is 2.26. The maximum absolute atomic E-state index is 12.4. The van der Waals surface area contributed by atoms with Gasteiger partial charge >= 0.3 is 6.03 Å². The van der Waals surface area contributed by atoms with E-state index in [1.807, 2.05) is 0 Å². The van der Waals surface area contributed by atoms with Crippen LogP contribution in [0.25, 0.3) is 0 Å². The fourth-order valence-corrected chi connectivity index (χ4v) is 2.48. The number of barbiturate groups is 1. The van der Waals surface area contributed by atoms with Gasteiger partial charge in [0.1, 0.15) is 0 Å². The first-order valence-corrected chi connectivity index (χ1v) is 6.59. The van der Waals surface area contributed by atoms with Crippen molar-refractivity contribution < 1.29 is 19.2 Å². The zero-order valence-electron chi connectivity index (χ0n) is 11.1. The molecule has 0 bridgehead atoms. The molecule has 0 radical (unpaired) electrons. The summed E-state index contributed by atoms with van der Waals surface area (Å²) in [6.07, 6.45) is 0. The van der Waals surface area contributed by atoms with Crippen LogP contribution in [0.2, 0.25) is 10.0 Å². The van der Waals surface area contributed by atoms with Crippen LogP contribution < -0.4 is 0 Å². The molecular weight excluding hydrogens is 319 g/mol. The number of carbonyl (C=O) groups is 4. The van der Waals surface area contributed by atoms with E-state index in [0.29, 0.717) is 5.02 Å². The molecule has 1 aliphatic heterocycles. The summed E-state index contributed by atoms with van der Waals surface area (Å²) in [5, 5.41) is 0.359. The maximum atomic E-state index is 12.4. The molecule has 4 amide bonds. The molecule has 0 aliphatic carbocycles. The van der Waals surface area contributed by atoms with Gasteiger partial charge in [-0.3, -0.25) is 24.2 Å². The summed E-state index contributed by atoms with van der Waals surface area (Å²) < 4.78 is 0. The Morgan fingerprint density at radius 1 is 1.05 bits per heavy atom. The molecule has 0 saturated carbocycles. The molecule has 1 aromatic rings. The molecule has 1 aromatic carbocycles. The van der Waals surface area contributed by atoms with E-state index >= 15 is 0 Å². The van der Waals surface area contributed by atoms with Crippen LogP contribution in [-0.4, -0.2) is 47.5 Å². The Balaban J connectivity index is 2.44. The normalized spacial score (nSPS) is 16.7. The van der Waals surface area contributed by atoms with Crippen LogP contribution in [-0.2, 0) is 9.59 Å². The lowest BCUT2D eigenvalue weighted by Gasteiger charge is -2.32. The Kier molecular flexibility index (Phi) is 4.02. The molecule has 0 spiro atoms. The van der Waals surface area contributed by atoms with Gasteiger partial charge in [0.15, 0.2) is 11.7 Å². The van der Waals surface area contributed by atoms with Crippen LogP contribution >= 0.6 is 23.2 Å². The number of amides is 4. The fourth-order valence-electron chi connectivity index (χ4n) is 1.98. The molecule has 8 heteroatoms. The van der Waals surface area contributed by atoms with Crippen molar-refractivity contribution >= 4 is 46.8 Å². The van der Waals surface area contributed by atoms with Gasteiger partial charge in [0.2, 0.25) is 0 Å². The van der Waals surface area contributed by atoms with Crippen molar-refractivity contribution in [1.82, 2.24) is 9.80 Å². The minimum atomic E-state index is -1.61. The van der Waals surface area contributed by atoms with Gasteiger partial charge in [0, 0.05) is 24.7 Å². The first kappa shape index (κ1) is 15.5. The smallest absolute Gasteiger partial charge is 0.293 e. The van der Waals surface area contributed by atoms with E-state index in [1.165, 1.54) is 32.3 Å². The molecule has 110 valence electrons. The number of rotatable bonds is 2. The zero-order valence-corrected chi connectivity index (χ0v) is 12.6. The average molecular weight is 329 g/mol. The predicted octanol–water partition coefficient (Wildman–Crippen LogP) is 1.84. The van der Waals surface area contributed by atoms with Crippen molar-refractivity contribution in [3.8, 4) is 0 Å². The Labute approximate surface area is 130 Å². The topological polar surface area (TPSA) is 74.8 Å². The largest absolute Gasteiger partial charge is 0.332 e. The highest BCUT2D eigenvalue weighted by atomic mass is 35.5. The Hall–Kier alpha value is -1.92. The van der Waals surface area contributed by atoms with Gasteiger partial charge < -0.3 is 0 Å². The number of hydrogen-bond acceptors (Lipinski definition) is 4. The molecule has 1 heterocycles. The molecule has 2 rings (SSSR count). The van der Waals surface area contributed by atoms with Crippen LogP contribution in [0, 0.1) is 5.92 Å². The number of halogens is 2. The second-order valence-electron chi connectivity index (χ2n) is 4.50. The molecule has 21 heavy (non-hydrogen) atoms. The third kappa shape index (κ3) is 2.52. The van der Waals surface area contributed by atoms with E-state index in [0.717, 1.165) is 9.80 Å². The molecule has 0 N–H and O–H groups in total. The summed E-state index contributed by atoms with van der Waals surface area (Å²) in [6.45, 7) is 0. The summed E-state index contributed by atoms with van der Waals surface area (Å²) in [6, 6.07) is 3.32. The SMILES string of the molecule is CN1C(=O)C(C(=O)c2ccc(Cl)cc2Cl)C(=O)N(C)C1=O. The van der Waals surface area contributed by atoms with Crippen LogP contribution in [0.3, 0.4) is 0 Å². The minimum Gasteiger partial charge on any atom is -0.293 e. The van der Waals surface area contributed by atoms with Crippen LogP contribution in [0.1, 0.15) is 10.4 Å². The van der Waals surface area contributed by atoms with Gasteiger partial charge in [-0.15, -0.1) is 0 Å². The van der Waals surface area contributed by atoms with Crippen molar-refractivity contribution in [2.75, 3.05) is 14.1 Å². The lowest BCUT2D eigenvalue weighted by atomic mass is 9.93. The summed E-state index contributed by atoms with van der Waals surface area (Å²) in [4.78, 5) is 49.6. The predicted molar refractivity (Wildman–Crippen MR) is 75.2 cm³/mol. The second-order valence-corrected chi connectivity index (χ2v) is 5.34. The van der Waals surface area contributed by atoms with Gasteiger partial charge in [-0.25, -0.2) is 4.79 Å². The van der Waals surface area contributed by atoms with E-state index in [2.05, 4.69) is 0 Å². The van der Waals surface area contributed by atoms with Crippen molar-refractivity contribution in [3.05, 3.63) is 33.8 Å². The van der Waals surface area contributed by atoms with Crippen molar-refractivity contribution in [3.63, 3.8) is 0 Å². The number of carbonyl (C=O) groups excluding carboxylic acids is 4.